The molecule has 2 N–H and O–H groups in total. The summed E-state index contributed by atoms with van der Waals surface area (Å²) < 4.78 is 43.5. The molecule has 0 aromatic heterocycles. The van der Waals surface area contributed by atoms with Crippen molar-refractivity contribution in [1.82, 2.24) is 0 Å². The van der Waals surface area contributed by atoms with Gasteiger partial charge in [0, 0.05) is 25.5 Å². The van der Waals surface area contributed by atoms with E-state index in [1.165, 1.54) is 0 Å². The first-order chi connectivity index (χ1) is 16.2. The van der Waals surface area contributed by atoms with Crippen LogP contribution in [0.4, 0.5) is 8.78 Å². The molecule has 2 aliphatic rings. The summed E-state index contributed by atoms with van der Waals surface area (Å²) in [6.07, 6.45) is 4.19. The van der Waals surface area contributed by atoms with Crippen LogP contribution in [0.3, 0.4) is 0 Å². The van der Waals surface area contributed by atoms with Gasteiger partial charge in [-0.2, -0.15) is 0 Å². The van der Waals surface area contributed by atoms with Crippen molar-refractivity contribution in [1.29, 1.82) is 0 Å². The highest BCUT2D eigenvalue weighted by atomic mass is 19.1. The van der Waals surface area contributed by atoms with Crippen LogP contribution in [0, 0.1) is 29.4 Å². The van der Waals surface area contributed by atoms with Gasteiger partial charge in [-0.25, -0.2) is 8.78 Å². The lowest BCUT2D eigenvalue weighted by Gasteiger charge is -2.24. The number of aliphatic hydroxyl groups excluding tert-OH is 2. The highest BCUT2D eigenvalue weighted by molar-refractivity contribution is 5.69. The molecule has 1 saturated carbocycles. The molecule has 8 heteroatoms. The van der Waals surface area contributed by atoms with Crippen LogP contribution in [0.25, 0.3) is 0 Å². The summed E-state index contributed by atoms with van der Waals surface area (Å²) in [5.41, 5.74) is 0. The minimum absolute atomic E-state index is 0.00527. The third kappa shape index (κ3) is 7.89. The van der Waals surface area contributed by atoms with Crippen LogP contribution in [0.15, 0.2) is 18.2 Å². The number of rotatable bonds is 11. The fourth-order valence-electron chi connectivity index (χ4n) is 5.24. The van der Waals surface area contributed by atoms with E-state index in [1.54, 1.807) is 0 Å². The maximum Gasteiger partial charge on any atom is 0.306 e. The molecule has 2 fully saturated rings. The van der Waals surface area contributed by atoms with Crippen LogP contribution < -0.4 is 4.74 Å². The first kappa shape index (κ1) is 26.8. The Morgan fingerprint density at radius 2 is 2.03 bits per heavy atom. The van der Waals surface area contributed by atoms with E-state index in [2.05, 4.69) is 0 Å². The highest BCUT2D eigenvalue weighted by Crippen LogP contribution is 2.43. The molecule has 192 valence electrons. The Kier molecular flexibility index (Phi) is 10.1. The lowest BCUT2D eigenvalue weighted by molar-refractivity contribution is -0.147. The molecule has 0 bridgehead atoms. The minimum atomic E-state index is -0.848. The van der Waals surface area contributed by atoms with Gasteiger partial charge in [-0.3, -0.25) is 4.79 Å². The zero-order valence-electron chi connectivity index (χ0n) is 20.1. The van der Waals surface area contributed by atoms with Crippen molar-refractivity contribution in [3.8, 4) is 5.75 Å². The van der Waals surface area contributed by atoms with Crippen molar-refractivity contribution in [2.75, 3.05) is 13.2 Å². The number of hydrogen-bond donors (Lipinski definition) is 2. The van der Waals surface area contributed by atoms with E-state index in [1.807, 2.05) is 13.8 Å². The van der Waals surface area contributed by atoms with E-state index < -0.39 is 23.8 Å². The summed E-state index contributed by atoms with van der Waals surface area (Å²) in [7, 11) is 0. The molecular weight excluding hydrogens is 446 g/mol. The van der Waals surface area contributed by atoms with Crippen LogP contribution >= 0.6 is 0 Å². The lowest BCUT2D eigenvalue weighted by atomic mass is 9.84. The number of esters is 1. The molecule has 0 amide bonds. The normalized spacial score (nSPS) is 27.8. The fourth-order valence-corrected chi connectivity index (χ4v) is 5.24. The minimum Gasteiger partial charge on any atom is -0.488 e. The van der Waals surface area contributed by atoms with E-state index in [4.69, 9.17) is 14.2 Å². The monoisotopic (exact) mass is 484 g/mol. The van der Waals surface area contributed by atoms with Crippen molar-refractivity contribution < 1.29 is 38.0 Å². The molecular formula is C26H38F2O6. The summed E-state index contributed by atoms with van der Waals surface area (Å²) in [6, 6.07) is 2.96. The van der Waals surface area contributed by atoms with Gasteiger partial charge in [-0.1, -0.05) is 0 Å². The number of carbonyl (C=O) groups excluding carboxylic acids is 1. The fraction of sp³-hybridized carbons (Fsp3) is 0.731. The molecule has 0 radical (unpaired) electrons. The quantitative estimate of drug-likeness (QED) is 0.453. The molecule has 34 heavy (non-hydrogen) atoms. The number of aliphatic hydroxyl groups is 2. The number of fused-ring (bicyclic) bond motifs is 1. The number of hydrogen-bond acceptors (Lipinski definition) is 6. The maximum absolute atomic E-state index is 13.7. The van der Waals surface area contributed by atoms with Crippen LogP contribution in [0.5, 0.6) is 5.75 Å². The van der Waals surface area contributed by atoms with Crippen molar-refractivity contribution in [3.63, 3.8) is 0 Å². The zero-order chi connectivity index (χ0) is 24.7. The van der Waals surface area contributed by atoms with Gasteiger partial charge in [0.05, 0.1) is 24.4 Å². The molecule has 1 aliphatic carbocycles. The standard InChI is InChI=1S/C26H38F2O6/c1-16(2)34-26(31)5-3-4-17-6-9-21-20(23(30)13-24(21)32-14-17)10-8-19(29)15-33-25-12-18(27)7-11-22(25)28/h7,11-12,16-17,19-21,23-24,29-30H,3-6,8-10,13-15H2,1-2H3/t17-,19+,20+,21+,23+,24-/m1/s1. The van der Waals surface area contributed by atoms with Crippen LogP contribution in [0.1, 0.15) is 65.2 Å². The number of halogens is 2. The molecule has 1 aromatic rings. The Labute approximate surface area is 200 Å². The van der Waals surface area contributed by atoms with Gasteiger partial charge in [0.2, 0.25) is 0 Å². The highest BCUT2D eigenvalue weighted by Gasteiger charge is 2.44. The average Bonchev–Trinajstić information content (AvgIpc) is 2.94. The van der Waals surface area contributed by atoms with Crippen molar-refractivity contribution in [3.05, 3.63) is 29.8 Å². The predicted octanol–water partition coefficient (Wildman–Crippen LogP) is 4.40. The van der Waals surface area contributed by atoms with E-state index in [0.717, 1.165) is 43.9 Å². The lowest BCUT2D eigenvalue weighted by Crippen LogP contribution is -2.25. The van der Waals surface area contributed by atoms with Crippen LogP contribution in [-0.4, -0.2) is 53.8 Å². The van der Waals surface area contributed by atoms with Crippen LogP contribution in [-0.2, 0) is 14.3 Å². The zero-order valence-corrected chi connectivity index (χ0v) is 20.1. The Morgan fingerprint density at radius 3 is 2.79 bits per heavy atom. The number of benzene rings is 1. The van der Waals surface area contributed by atoms with Crippen molar-refractivity contribution in [2.24, 2.45) is 17.8 Å². The summed E-state index contributed by atoms with van der Waals surface area (Å²) in [5, 5.41) is 20.9. The first-order valence-electron chi connectivity index (χ1n) is 12.5. The molecule has 1 heterocycles. The van der Waals surface area contributed by atoms with E-state index in [-0.39, 0.29) is 42.4 Å². The van der Waals surface area contributed by atoms with E-state index in [9.17, 15) is 23.8 Å². The third-order valence-electron chi connectivity index (χ3n) is 6.97. The molecule has 1 aliphatic heterocycles. The Hall–Kier alpha value is -1.77. The van der Waals surface area contributed by atoms with Gasteiger partial charge >= 0.3 is 5.97 Å². The van der Waals surface area contributed by atoms with Crippen molar-refractivity contribution >= 4 is 5.97 Å². The average molecular weight is 485 g/mol. The maximum atomic E-state index is 13.7. The molecule has 1 aromatic carbocycles. The van der Waals surface area contributed by atoms with Crippen LogP contribution in [0.2, 0.25) is 0 Å². The van der Waals surface area contributed by atoms with Gasteiger partial charge in [0.25, 0.3) is 0 Å². The molecule has 3 rings (SSSR count). The van der Waals surface area contributed by atoms with E-state index >= 15 is 0 Å². The molecule has 6 nitrogen and oxygen atoms in total. The van der Waals surface area contributed by atoms with Gasteiger partial charge in [0.15, 0.2) is 11.6 Å². The van der Waals surface area contributed by atoms with Gasteiger partial charge in [-0.15, -0.1) is 0 Å². The topological polar surface area (TPSA) is 85.2 Å². The largest absolute Gasteiger partial charge is 0.488 e. The van der Waals surface area contributed by atoms with Gasteiger partial charge < -0.3 is 24.4 Å². The Balaban J connectivity index is 1.41. The SMILES string of the molecule is CC(C)OC(=O)CCC[C@@H]1CC[C@H]2[C@H](CC[C@H](O)COc3cc(F)ccc3F)[C@@H](O)C[C@H]2OC1. The van der Waals surface area contributed by atoms with Gasteiger partial charge in [0.1, 0.15) is 12.4 Å². The Bertz CT molecular complexity index is 789. The molecule has 6 atom stereocenters. The molecule has 1 saturated heterocycles. The Morgan fingerprint density at radius 1 is 1.24 bits per heavy atom. The van der Waals surface area contributed by atoms with Gasteiger partial charge in [-0.05, 0) is 82.3 Å². The second kappa shape index (κ2) is 12.8. The number of carbonyl (C=O) groups is 1. The number of ether oxygens (including phenoxy) is 3. The predicted molar refractivity (Wildman–Crippen MR) is 122 cm³/mol. The molecule has 0 spiro atoms. The summed E-state index contributed by atoms with van der Waals surface area (Å²) in [4.78, 5) is 11.7. The summed E-state index contributed by atoms with van der Waals surface area (Å²) in [6.45, 7) is 4.18. The summed E-state index contributed by atoms with van der Waals surface area (Å²) in [5.74, 6) is -1.04. The summed E-state index contributed by atoms with van der Waals surface area (Å²) >= 11 is 0. The van der Waals surface area contributed by atoms with E-state index in [0.29, 0.717) is 38.2 Å². The first-order valence-corrected chi connectivity index (χ1v) is 12.5. The second-order valence-electron chi connectivity index (χ2n) is 9.99. The molecule has 0 unspecified atom stereocenters. The van der Waals surface area contributed by atoms with Crippen molar-refractivity contribution in [2.45, 2.75) is 89.6 Å². The second-order valence-corrected chi connectivity index (χ2v) is 9.99. The smallest absolute Gasteiger partial charge is 0.306 e. The third-order valence-corrected chi connectivity index (χ3v) is 6.97.